The fourth-order valence-electron chi connectivity index (χ4n) is 2.75. The van der Waals surface area contributed by atoms with Crippen molar-refractivity contribution in [1.82, 2.24) is 14.5 Å². The Morgan fingerprint density at radius 2 is 2.16 bits per heavy atom. The van der Waals surface area contributed by atoms with E-state index in [-0.39, 0.29) is 0 Å². The number of nitrogens with one attached hydrogen (secondary N) is 1. The maximum absolute atomic E-state index is 4.55. The fourth-order valence-corrected chi connectivity index (χ4v) is 2.75. The fraction of sp³-hybridized carbons (Fsp3) is 0.667. The van der Waals surface area contributed by atoms with Crippen LogP contribution in [0.3, 0.4) is 0 Å². The maximum atomic E-state index is 4.55. The summed E-state index contributed by atoms with van der Waals surface area (Å²) in [6.45, 7) is 12.4. The lowest BCUT2D eigenvalue weighted by atomic mass is 10.1. The quantitative estimate of drug-likeness (QED) is 0.800. The van der Waals surface area contributed by atoms with Crippen LogP contribution in [0.15, 0.2) is 18.9 Å². The molecule has 0 amide bonds. The molecule has 1 aromatic heterocycles. The van der Waals surface area contributed by atoms with Crippen LogP contribution in [0, 0.1) is 6.92 Å². The molecule has 2 rings (SSSR count). The lowest BCUT2D eigenvalue weighted by Gasteiger charge is -2.30. The molecule has 1 aliphatic heterocycles. The van der Waals surface area contributed by atoms with Gasteiger partial charge in [0.2, 0.25) is 5.95 Å². The minimum absolute atomic E-state index is 0.451. The van der Waals surface area contributed by atoms with E-state index in [0.717, 1.165) is 24.7 Å². The molecule has 0 aliphatic carbocycles. The van der Waals surface area contributed by atoms with Crippen molar-refractivity contribution in [3.8, 4) is 0 Å². The molecule has 0 spiro atoms. The second-order valence-electron chi connectivity index (χ2n) is 5.49. The summed E-state index contributed by atoms with van der Waals surface area (Å²) in [5.41, 5.74) is 1.07. The Kier molecular flexibility index (Phi) is 5.02. The van der Waals surface area contributed by atoms with Gasteiger partial charge in [0, 0.05) is 25.3 Å². The number of imidazole rings is 1. The Balaban J connectivity index is 2.00. The molecule has 1 atom stereocenters. The summed E-state index contributed by atoms with van der Waals surface area (Å²) in [5.74, 6) is 0.960. The van der Waals surface area contributed by atoms with E-state index >= 15 is 0 Å². The van der Waals surface area contributed by atoms with Crippen molar-refractivity contribution in [3.05, 3.63) is 24.5 Å². The van der Waals surface area contributed by atoms with Crippen molar-refractivity contribution in [1.29, 1.82) is 0 Å². The summed E-state index contributed by atoms with van der Waals surface area (Å²) in [6.07, 6.45) is 8.08. The average Bonchev–Trinajstić information content (AvgIpc) is 2.79. The molecule has 4 nitrogen and oxygen atoms in total. The summed E-state index contributed by atoms with van der Waals surface area (Å²) in [7, 11) is 0. The Morgan fingerprint density at radius 3 is 2.84 bits per heavy atom. The summed E-state index contributed by atoms with van der Waals surface area (Å²) >= 11 is 0. The lowest BCUT2D eigenvalue weighted by Crippen LogP contribution is -2.34. The standard InChI is InChI=1S/C15H26N4/c1-4-8-16-15-17-13(2)11-19(15)14(3)12-18-9-6-5-7-10-18/h4,11,14H,1,5-10,12H2,2-3H3,(H,16,17). The SMILES string of the molecule is C=CCNc1nc(C)cn1C(C)CN1CCCCC1. The highest BCUT2D eigenvalue weighted by molar-refractivity contribution is 5.30. The van der Waals surface area contributed by atoms with Gasteiger partial charge < -0.3 is 14.8 Å². The van der Waals surface area contributed by atoms with E-state index in [1.165, 1.54) is 32.4 Å². The second-order valence-corrected chi connectivity index (χ2v) is 5.49. The summed E-state index contributed by atoms with van der Waals surface area (Å²) in [5, 5.41) is 3.32. The van der Waals surface area contributed by atoms with Gasteiger partial charge in [0.25, 0.3) is 0 Å². The molecule has 106 valence electrons. The largest absolute Gasteiger partial charge is 0.352 e. The van der Waals surface area contributed by atoms with Crippen molar-refractivity contribution in [2.24, 2.45) is 0 Å². The molecule has 1 N–H and O–H groups in total. The van der Waals surface area contributed by atoms with Gasteiger partial charge in [-0.3, -0.25) is 0 Å². The highest BCUT2D eigenvalue weighted by atomic mass is 15.2. The van der Waals surface area contributed by atoms with Crippen LogP contribution < -0.4 is 5.32 Å². The molecule has 0 radical (unpaired) electrons. The van der Waals surface area contributed by atoms with E-state index < -0.39 is 0 Å². The number of rotatable bonds is 6. The van der Waals surface area contributed by atoms with Crippen LogP contribution in [0.5, 0.6) is 0 Å². The normalized spacial score (nSPS) is 18.2. The van der Waals surface area contributed by atoms with Gasteiger partial charge in [-0.1, -0.05) is 12.5 Å². The Morgan fingerprint density at radius 1 is 1.42 bits per heavy atom. The van der Waals surface area contributed by atoms with Gasteiger partial charge >= 0.3 is 0 Å². The molecule has 1 unspecified atom stereocenters. The predicted octanol–water partition coefficient (Wildman–Crippen LogP) is 2.84. The van der Waals surface area contributed by atoms with E-state index in [4.69, 9.17) is 0 Å². The summed E-state index contributed by atoms with van der Waals surface area (Å²) < 4.78 is 2.26. The van der Waals surface area contributed by atoms with Gasteiger partial charge in [0.1, 0.15) is 0 Å². The number of anilines is 1. The smallest absolute Gasteiger partial charge is 0.203 e. The van der Waals surface area contributed by atoms with Gasteiger partial charge in [-0.25, -0.2) is 4.98 Å². The van der Waals surface area contributed by atoms with Crippen LogP contribution in [-0.2, 0) is 0 Å². The van der Waals surface area contributed by atoms with Crippen molar-refractivity contribution >= 4 is 5.95 Å². The van der Waals surface area contributed by atoms with Crippen molar-refractivity contribution in [2.45, 2.75) is 39.2 Å². The number of piperidine rings is 1. The molecule has 19 heavy (non-hydrogen) atoms. The summed E-state index contributed by atoms with van der Waals surface area (Å²) in [4.78, 5) is 7.12. The first kappa shape index (κ1) is 14.1. The number of nitrogens with zero attached hydrogens (tertiary/aromatic N) is 3. The number of aryl methyl sites for hydroxylation is 1. The molecule has 2 heterocycles. The van der Waals surface area contributed by atoms with Crippen LogP contribution in [-0.4, -0.2) is 40.6 Å². The number of likely N-dealkylation sites (tertiary alicyclic amines) is 1. The van der Waals surface area contributed by atoms with Gasteiger partial charge in [-0.15, -0.1) is 6.58 Å². The third kappa shape index (κ3) is 3.83. The molecule has 1 fully saturated rings. The number of hydrogen-bond donors (Lipinski definition) is 1. The van der Waals surface area contributed by atoms with E-state index in [0.29, 0.717) is 6.04 Å². The van der Waals surface area contributed by atoms with Gasteiger partial charge in [-0.05, 0) is 39.8 Å². The first-order valence-electron chi connectivity index (χ1n) is 7.33. The van der Waals surface area contributed by atoms with E-state index in [9.17, 15) is 0 Å². The monoisotopic (exact) mass is 262 g/mol. The van der Waals surface area contributed by atoms with Crippen molar-refractivity contribution < 1.29 is 0 Å². The van der Waals surface area contributed by atoms with Crippen molar-refractivity contribution in [3.63, 3.8) is 0 Å². The minimum Gasteiger partial charge on any atom is -0.352 e. The van der Waals surface area contributed by atoms with E-state index in [1.54, 1.807) is 0 Å². The molecule has 4 heteroatoms. The van der Waals surface area contributed by atoms with Crippen molar-refractivity contribution in [2.75, 3.05) is 31.5 Å². The van der Waals surface area contributed by atoms with Gasteiger partial charge in [0.05, 0.1) is 5.69 Å². The molecule has 1 aliphatic rings. The van der Waals surface area contributed by atoms with Crippen LogP contribution in [0.1, 0.15) is 37.9 Å². The van der Waals surface area contributed by atoms with E-state index in [1.807, 2.05) is 13.0 Å². The zero-order valence-corrected chi connectivity index (χ0v) is 12.2. The molecule has 0 saturated carbocycles. The first-order chi connectivity index (χ1) is 9.20. The van der Waals surface area contributed by atoms with Crippen LogP contribution in [0.2, 0.25) is 0 Å². The Labute approximate surface area is 116 Å². The highest BCUT2D eigenvalue weighted by Gasteiger charge is 2.17. The molecule has 1 aromatic rings. The zero-order valence-electron chi connectivity index (χ0n) is 12.2. The molecule has 1 saturated heterocycles. The highest BCUT2D eigenvalue weighted by Crippen LogP contribution is 2.19. The molecular formula is C15H26N4. The maximum Gasteiger partial charge on any atom is 0.203 e. The van der Waals surface area contributed by atoms with Gasteiger partial charge in [0.15, 0.2) is 0 Å². The molecule has 0 aromatic carbocycles. The van der Waals surface area contributed by atoms with Crippen LogP contribution in [0.25, 0.3) is 0 Å². The van der Waals surface area contributed by atoms with Crippen LogP contribution >= 0.6 is 0 Å². The Bertz CT molecular complexity index is 404. The molecular weight excluding hydrogens is 236 g/mol. The first-order valence-corrected chi connectivity index (χ1v) is 7.33. The van der Waals surface area contributed by atoms with Gasteiger partial charge in [-0.2, -0.15) is 0 Å². The number of aromatic nitrogens is 2. The Hall–Kier alpha value is -1.29. The average molecular weight is 262 g/mol. The predicted molar refractivity (Wildman–Crippen MR) is 80.7 cm³/mol. The lowest BCUT2D eigenvalue weighted by molar-refractivity contribution is 0.202. The second kappa shape index (κ2) is 6.75. The topological polar surface area (TPSA) is 33.1 Å². The third-order valence-corrected chi connectivity index (χ3v) is 3.70. The molecule has 0 bridgehead atoms. The summed E-state index contributed by atoms with van der Waals surface area (Å²) in [6, 6.07) is 0.451. The van der Waals surface area contributed by atoms with E-state index in [2.05, 4.69) is 39.5 Å². The zero-order chi connectivity index (χ0) is 13.7. The minimum atomic E-state index is 0.451. The third-order valence-electron chi connectivity index (χ3n) is 3.70. The van der Waals surface area contributed by atoms with Crippen LogP contribution in [0.4, 0.5) is 5.95 Å². The number of hydrogen-bond acceptors (Lipinski definition) is 3.